The number of methoxy groups -OCH3 is 1. The highest BCUT2D eigenvalue weighted by Gasteiger charge is 2.40. The summed E-state index contributed by atoms with van der Waals surface area (Å²) in [5.74, 6) is 0.0807. The molecular formula is C27H39IN2O8. The van der Waals surface area contributed by atoms with Crippen molar-refractivity contribution in [1.82, 2.24) is 10.2 Å². The van der Waals surface area contributed by atoms with Crippen molar-refractivity contribution >= 4 is 40.7 Å². The zero-order valence-electron chi connectivity index (χ0n) is 22.4. The number of carbonyl (C=O) groups excluding carboxylic acids is 3. The first-order valence-electron chi connectivity index (χ1n) is 12.8. The Hall–Kier alpha value is -2.22. The summed E-state index contributed by atoms with van der Waals surface area (Å²) in [5.41, 5.74) is 0.741. The lowest BCUT2D eigenvalue weighted by Crippen LogP contribution is -2.55. The van der Waals surface area contributed by atoms with E-state index in [1.54, 1.807) is 17.0 Å². The molecule has 2 rings (SSSR count). The van der Waals surface area contributed by atoms with Crippen LogP contribution in [0.1, 0.15) is 56.8 Å². The fourth-order valence-electron chi connectivity index (χ4n) is 4.22. The fourth-order valence-corrected chi connectivity index (χ4v) is 4.98. The van der Waals surface area contributed by atoms with Gasteiger partial charge < -0.3 is 34.6 Å². The van der Waals surface area contributed by atoms with Crippen LogP contribution in [-0.4, -0.2) is 91.0 Å². The molecule has 1 aliphatic rings. The smallest absolute Gasteiger partial charge is 0.247 e. The van der Waals surface area contributed by atoms with Crippen molar-refractivity contribution < 1.29 is 38.8 Å². The quantitative estimate of drug-likeness (QED) is 0.150. The van der Waals surface area contributed by atoms with Gasteiger partial charge in [0.2, 0.25) is 11.8 Å². The van der Waals surface area contributed by atoms with Gasteiger partial charge in [0.15, 0.2) is 11.5 Å². The highest BCUT2D eigenvalue weighted by molar-refractivity contribution is 14.1. The van der Waals surface area contributed by atoms with Crippen LogP contribution in [-0.2, 0) is 14.3 Å². The summed E-state index contributed by atoms with van der Waals surface area (Å²) >= 11 is 2.01. The van der Waals surface area contributed by atoms with Crippen molar-refractivity contribution in [3.8, 4) is 11.5 Å². The average Bonchev–Trinajstić information content (AvgIpc) is 2.89. The maximum atomic E-state index is 13.2. The molecular weight excluding hydrogens is 607 g/mol. The van der Waals surface area contributed by atoms with Crippen molar-refractivity contribution in [2.75, 3.05) is 33.4 Å². The van der Waals surface area contributed by atoms with Crippen LogP contribution in [0.4, 0.5) is 0 Å². The third kappa shape index (κ3) is 8.92. The van der Waals surface area contributed by atoms with Crippen LogP contribution in [0.3, 0.4) is 0 Å². The molecule has 212 valence electrons. The van der Waals surface area contributed by atoms with E-state index in [0.717, 1.165) is 0 Å². The van der Waals surface area contributed by atoms with Crippen LogP contribution < -0.4 is 14.8 Å². The van der Waals surface area contributed by atoms with E-state index in [4.69, 9.17) is 19.3 Å². The monoisotopic (exact) mass is 646 g/mol. The minimum absolute atomic E-state index is 0.0562. The molecule has 0 fully saturated rings. The predicted octanol–water partition coefficient (Wildman–Crippen LogP) is 2.47. The molecule has 1 aliphatic carbocycles. The van der Waals surface area contributed by atoms with Gasteiger partial charge in [-0.1, -0.05) is 6.92 Å². The number of hydrogen-bond acceptors (Lipinski definition) is 8. The number of carbonyl (C=O) groups is 3. The summed E-state index contributed by atoms with van der Waals surface area (Å²) in [6.07, 6.45) is 1.78. The number of nitrogens with zero attached hydrogens (tertiary/aromatic N) is 1. The largest absolute Gasteiger partial charge is 0.493 e. The molecule has 3 atom stereocenters. The molecule has 1 aromatic carbocycles. The topological polar surface area (TPSA) is 135 Å². The third-order valence-corrected chi connectivity index (χ3v) is 6.84. The number of aldehydes is 1. The van der Waals surface area contributed by atoms with Crippen LogP contribution in [0.25, 0.3) is 0 Å². The standard InChI is InChI=1S/C27H39IN2O8/c1-5-7-24(33)30(9-6-11-37-17(2)3)21-14-19(27(35)29-8-10-31)15-22(25(21)34)38-26-20(28)12-18(16-32)13-23(26)36-4/h12-13,15-17,21-22,25,31,34H,5-11,14H2,1-4H3,(H,29,35). The third-order valence-electron chi connectivity index (χ3n) is 6.04. The van der Waals surface area contributed by atoms with Crippen molar-refractivity contribution in [1.29, 1.82) is 0 Å². The molecule has 38 heavy (non-hydrogen) atoms. The maximum Gasteiger partial charge on any atom is 0.247 e. The van der Waals surface area contributed by atoms with E-state index in [9.17, 15) is 19.5 Å². The van der Waals surface area contributed by atoms with Crippen LogP contribution in [0.5, 0.6) is 11.5 Å². The Labute approximate surface area is 237 Å². The summed E-state index contributed by atoms with van der Waals surface area (Å²) in [7, 11) is 1.45. The Bertz CT molecular complexity index is 984. The molecule has 0 bridgehead atoms. The molecule has 0 saturated carbocycles. The van der Waals surface area contributed by atoms with Gasteiger partial charge >= 0.3 is 0 Å². The number of amides is 2. The summed E-state index contributed by atoms with van der Waals surface area (Å²) in [6.45, 7) is 6.43. The summed E-state index contributed by atoms with van der Waals surface area (Å²) in [5, 5.41) is 23.3. The Morgan fingerprint density at radius 2 is 2.05 bits per heavy atom. The Kier molecular flexibility index (Phi) is 13.5. The summed E-state index contributed by atoms with van der Waals surface area (Å²) in [4.78, 5) is 39.0. The fraction of sp³-hybridized carbons (Fsp3) is 0.593. The molecule has 1 aromatic rings. The van der Waals surface area contributed by atoms with Crippen molar-refractivity contribution in [2.45, 2.75) is 70.8 Å². The molecule has 2 amide bonds. The molecule has 11 heteroatoms. The van der Waals surface area contributed by atoms with E-state index in [2.05, 4.69) is 5.32 Å². The van der Waals surface area contributed by atoms with Crippen LogP contribution in [0.2, 0.25) is 0 Å². The Morgan fingerprint density at radius 3 is 2.66 bits per heavy atom. The van der Waals surface area contributed by atoms with E-state index < -0.39 is 24.2 Å². The minimum atomic E-state index is -1.15. The first-order chi connectivity index (χ1) is 18.2. The SMILES string of the molecule is CCCC(=O)N(CCCOC(C)C)C1CC(C(=O)NCCO)=CC(Oc2c(I)cc(C=O)cc2OC)C1O. The number of benzene rings is 1. The van der Waals surface area contributed by atoms with E-state index in [0.29, 0.717) is 64.9 Å². The molecule has 0 radical (unpaired) electrons. The number of aliphatic hydroxyl groups is 2. The van der Waals surface area contributed by atoms with E-state index in [1.165, 1.54) is 13.2 Å². The lowest BCUT2D eigenvalue weighted by atomic mass is 9.87. The van der Waals surface area contributed by atoms with Gasteiger partial charge in [0.1, 0.15) is 18.5 Å². The van der Waals surface area contributed by atoms with E-state index in [1.807, 2.05) is 43.4 Å². The number of nitrogens with one attached hydrogen (secondary N) is 1. The zero-order chi connectivity index (χ0) is 28.2. The lowest BCUT2D eigenvalue weighted by molar-refractivity contribution is -0.139. The molecule has 0 spiro atoms. The number of aliphatic hydroxyl groups excluding tert-OH is 2. The van der Waals surface area contributed by atoms with Crippen LogP contribution >= 0.6 is 22.6 Å². The first-order valence-corrected chi connectivity index (χ1v) is 13.9. The number of rotatable bonds is 15. The van der Waals surface area contributed by atoms with E-state index in [-0.39, 0.29) is 31.6 Å². The molecule has 3 N–H and O–H groups in total. The van der Waals surface area contributed by atoms with Gasteiger partial charge in [-0.3, -0.25) is 14.4 Å². The molecule has 3 unspecified atom stereocenters. The second-order valence-electron chi connectivity index (χ2n) is 9.28. The molecule has 0 aliphatic heterocycles. The van der Waals surface area contributed by atoms with Gasteiger partial charge in [-0.15, -0.1) is 0 Å². The number of hydrogen-bond donors (Lipinski definition) is 3. The first kappa shape index (κ1) is 32.0. The van der Waals surface area contributed by atoms with Crippen LogP contribution in [0, 0.1) is 3.57 Å². The number of ether oxygens (including phenoxy) is 3. The van der Waals surface area contributed by atoms with Gasteiger partial charge in [-0.2, -0.15) is 0 Å². The molecule has 10 nitrogen and oxygen atoms in total. The van der Waals surface area contributed by atoms with Gasteiger partial charge in [0.25, 0.3) is 0 Å². The second kappa shape index (κ2) is 16.0. The Balaban J connectivity index is 2.44. The predicted molar refractivity (Wildman–Crippen MR) is 150 cm³/mol. The molecule has 0 heterocycles. The lowest BCUT2D eigenvalue weighted by Gasteiger charge is -2.40. The highest BCUT2D eigenvalue weighted by Crippen LogP contribution is 2.37. The van der Waals surface area contributed by atoms with Gasteiger partial charge in [-0.25, -0.2) is 0 Å². The van der Waals surface area contributed by atoms with Gasteiger partial charge in [0.05, 0.1) is 29.4 Å². The van der Waals surface area contributed by atoms with Crippen molar-refractivity contribution in [3.05, 3.63) is 32.9 Å². The second-order valence-corrected chi connectivity index (χ2v) is 10.4. The van der Waals surface area contributed by atoms with E-state index >= 15 is 0 Å². The summed E-state index contributed by atoms with van der Waals surface area (Å²) in [6, 6.07) is 2.43. The maximum absolute atomic E-state index is 13.2. The Morgan fingerprint density at radius 1 is 1.32 bits per heavy atom. The number of halogens is 1. The highest BCUT2D eigenvalue weighted by atomic mass is 127. The van der Waals surface area contributed by atoms with Gasteiger partial charge in [-0.05, 0) is 67.5 Å². The minimum Gasteiger partial charge on any atom is -0.493 e. The molecule has 0 aromatic heterocycles. The summed E-state index contributed by atoms with van der Waals surface area (Å²) < 4.78 is 17.9. The van der Waals surface area contributed by atoms with Crippen molar-refractivity contribution in [2.24, 2.45) is 0 Å². The van der Waals surface area contributed by atoms with Crippen molar-refractivity contribution in [3.63, 3.8) is 0 Å². The average molecular weight is 647 g/mol. The molecule has 0 saturated heterocycles. The van der Waals surface area contributed by atoms with Gasteiger partial charge in [0, 0.05) is 43.7 Å². The van der Waals surface area contributed by atoms with Crippen LogP contribution in [0.15, 0.2) is 23.8 Å². The normalized spacial score (nSPS) is 19.1. The zero-order valence-corrected chi connectivity index (χ0v) is 24.6.